The molecule has 5 heteroatoms. The van der Waals surface area contributed by atoms with Gasteiger partial charge in [0.1, 0.15) is 6.10 Å². The van der Waals surface area contributed by atoms with E-state index in [2.05, 4.69) is 63.9 Å². The normalized spacial score (nSPS) is 17.6. The highest BCUT2D eigenvalue weighted by Crippen LogP contribution is 2.31. The third-order valence-corrected chi connectivity index (χ3v) is 5.51. The third kappa shape index (κ3) is 3.76. The van der Waals surface area contributed by atoms with Gasteiger partial charge in [-0.15, -0.1) is 0 Å². The Bertz CT molecular complexity index is 940. The summed E-state index contributed by atoms with van der Waals surface area (Å²) in [6.45, 7) is 1.22. The molecule has 1 amide bonds. The standard InChI is InChI=1S/C23H27N3O2/c1-26(2)17-11-9-16(10-12-17)19(14-25-23(27)22-8-5-13-28-22)20-15-24-21-7-4-3-6-18(20)21/h3-4,6-7,9-12,15,19,22,24H,5,8,13-14H2,1-2H3,(H,25,27)/t19-,22-/m0/s1. The molecular formula is C23H27N3O2. The average Bonchev–Trinajstić information content (AvgIpc) is 3.39. The van der Waals surface area contributed by atoms with Gasteiger partial charge < -0.3 is 19.9 Å². The summed E-state index contributed by atoms with van der Waals surface area (Å²) in [5, 5.41) is 4.32. The van der Waals surface area contributed by atoms with Gasteiger partial charge in [0.2, 0.25) is 5.91 Å². The monoisotopic (exact) mass is 377 g/mol. The minimum absolute atomic E-state index is 0.00717. The topological polar surface area (TPSA) is 57.4 Å². The van der Waals surface area contributed by atoms with Crippen LogP contribution in [0.1, 0.15) is 29.9 Å². The van der Waals surface area contributed by atoms with Gasteiger partial charge in [0.15, 0.2) is 0 Å². The number of aromatic nitrogens is 1. The van der Waals surface area contributed by atoms with Crippen LogP contribution in [0.25, 0.3) is 10.9 Å². The molecule has 28 heavy (non-hydrogen) atoms. The van der Waals surface area contributed by atoms with Gasteiger partial charge in [0.25, 0.3) is 0 Å². The van der Waals surface area contributed by atoms with Crippen LogP contribution in [0.2, 0.25) is 0 Å². The molecule has 1 aliphatic heterocycles. The highest BCUT2D eigenvalue weighted by Gasteiger charge is 2.25. The summed E-state index contributed by atoms with van der Waals surface area (Å²) in [4.78, 5) is 18.0. The molecule has 0 aliphatic carbocycles. The summed E-state index contributed by atoms with van der Waals surface area (Å²) in [7, 11) is 4.07. The maximum atomic E-state index is 12.5. The summed E-state index contributed by atoms with van der Waals surface area (Å²) in [6, 6.07) is 16.8. The Labute approximate surface area is 165 Å². The Morgan fingerprint density at radius 1 is 1.21 bits per heavy atom. The van der Waals surface area contributed by atoms with Crippen molar-refractivity contribution >= 4 is 22.5 Å². The van der Waals surface area contributed by atoms with Crippen LogP contribution in [-0.4, -0.2) is 44.2 Å². The predicted molar refractivity (Wildman–Crippen MR) is 113 cm³/mol. The number of H-pyrrole nitrogens is 1. The number of nitrogens with one attached hydrogen (secondary N) is 2. The lowest BCUT2D eigenvalue weighted by Gasteiger charge is -2.21. The smallest absolute Gasteiger partial charge is 0.249 e. The van der Waals surface area contributed by atoms with E-state index >= 15 is 0 Å². The number of carbonyl (C=O) groups excluding carboxylic acids is 1. The summed E-state index contributed by atoms with van der Waals surface area (Å²) >= 11 is 0. The molecule has 2 atom stereocenters. The lowest BCUT2D eigenvalue weighted by atomic mass is 9.90. The summed E-state index contributed by atoms with van der Waals surface area (Å²) in [5.41, 5.74) is 4.64. The van der Waals surface area contributed by atoms with Crippen molar-refractivity contribution in [3.63, 3.8) is 0 Å². The number of nitrogens with zero attached hydrogens (tertiary/aromatic N) is 1. The number of aromatic amines is 1. The summed E-state index contributed by atoms with van der Waals surface area (Å²) in [6.07, 6.45) is 3.52. The van der Waals surface area contributed by atoms with Crippen molar-refractivity contribution in [2.24, 2.45) is 0 Å². The number of hydrogen-bond donors (Lipinski definition) is 2. The van der Waals surface area contributed by atoms with E-state index in [4.69, 9.17) is 4.74 Å². The molecule has 2 N–H and O–H groups in total. The maximum Gasteiger partial charge on any atom is 0.249 e. The molecule has 146 valence electrons. The molecule has 4 rings (SSSR count). The Balaban J connectivity index is 1.63. The molecule has 0 bridgehead atoms. The van der Waals surface area contributed by atoms with E-state index in [1.807, 2.05) is 20.2 Å². The van der Waals surface area contributed by atoms with Crippen LogP contribution in [0.15, 0.2) is 54.7 Å². The van der Waals surface area contributed by atoms with Crippen molar-refractivity contribution in [2.45, 2.75) is 24.9 Å². The third-order valence-electron chi connectivity index (χ3n) is 5.51. The molecule has 0 spiro atoms. The zero-order chi connectivity index (χ0) is 19.5. The number of ether oxygens (including phenoxy) is 1. The van der Waals surface area contributed by atoms with Crippen molar-refractivity contribution in [2.75, 3.05) is 32.1 Å². The number of fused-ring (bicyclic) bond motifs is 1. The summed E-state index contributed by atoms with van der Waals surface area (Å²) < 4.78 is 5.53. The van der Waals surface area contributed by atoms with Crippen molar-refractivity contribution in [1.29, 1.82) is 0 Å². The number of carbonyl (C=O) groups is 1. The number of amides is 1. The van der Waals surface area contributed by atoms with Gasteiger partial charge in [-0.2, -0.15) is 0 Å². The van der Waals surface area contributed by atoms with Gasteiger partial charge in [0.05, 0.1) is 0 Å². The Hall–Kier alpha value is -2.79. The van der Waals surface area contributed by atoms with Gasteiger partial charge in [-0.1, -0.05) is 30.3 Å². The van der Waals surface area contributed by atoms with Crippen LogP contribution in [0, 0.1) is 0 Å². The number of hydrogen-bond acceptors (Lipinski definition) is 3. The fourth-order valence-corrected chi connectivity index (χ4v) is 3.90. The molecular weight excluding hydrogens is 350 g/mol. The second-order valence-electron chi connectivity index (χ2n) is 7.57. The highest BCUT2D eigenvalue weighted by atomic mass is 16.5. The zero-order valence-electron chi connectivity index (χ0n) is 16.4. The van der Waals surface area contributed by atoms with Crippen LogP contribution in [0.5, 0.6) is 0 Å². The van der Waals surface area contributed by atoms with Gasteiger partial charge in [0, 0.05) is 56.0 Å². The first-order valence-electron chi connectivity index (χ1n) is 9.86. The van der Waals surface area contributed by atoms with Gasteiger partial charge in [-0.05, 0) is 42.2 Å². The van der Waals surface area contributed by atoms with Crippen LogP contribution >= 0.6 is 0 Å². The van der Waals surface area contributed by atoms with Crippen LogP contribution in [0.4, 0.5) is 5.69 Å². The zero-order valence-corrected chi connectivity index (χ0v) is 16.4. The lowest BCUT2D eigenvalue weighted by molar-refractivity contribution is -0.130. The highest BCUT2D eigenvalue weighted by molar-refractivity contribution is 5.85. The molecule has 3 aromatic rings. The largest absolute Gasteiger partial charge is 0.378 e. The first-order valence-corrected chi connectivity index (χ1v) is 9.86. The van der Waals surface area contributed by atoms with Gasteiger partial charge in [-0.25, -0.2) is 0 Å². The molecule has 1 aromatic heterocycles. The number of benzene rings is 2. The molecule has 0 radical (unpaired) electrons. The number of anilines is 1. The van der Waals surface area contributed by atoms with Crippen molar-refractivity contribution in [3.05, 3.63) is 65.9 Å². The molecule has 1 fully saturated rings. The molecule has 2 heterocycles. The first-order chi connectivity index (χ1) is 13.6. The Kier molecular flexibility index (Phi) is 5.35. The molecule has 2 aromatic carbocycles. The van der Waals surface area contributed by atoms with Crippen molar-refractivity contribution in [1.82, 2.24) is 10.3 Å². The molecule has 5 nitrogen and oxygen atoms in total. The van der Waals surface area contributed by atoms with Gasteiger partial charge in [-0.3, -0.25) is 4.79 Å². The van der Waals surface area contributed by atoms with E-state index < -0.39 is 0 Å². The van der Waals surface area contributed by atoms with E-state index in [1.54, 1.807) is 0 Å². The van der Waals surface area contributed by atoms with E-state index in [0.717, 1.165) is 24.0 Å². The SMILES string of the molecule is CN(C)c1ccc([C@H](CNC(=O)[C@@H]2CCCO2)c2c[nH]c3ccccc23)cc1. The van der Waals surface area contributed by atoms with E-state index in [0.29, 0.717) is 13.2 Å². The molecule has 0 unspecified atom stereocenters. The predicted octanol–water partition coefficient (Wildman–Crippen LogP) is 3.66. The fraction of sp³-hybridized carbons (Fsp3) is 0.348. The minimum atomic E-state index is -0.306. The first kappa shape index (κ1) is 18.6. The van der Waals surface area contributed by atoms with E-state index in [9.17, 15) is 4.79 Å². The van der Waals surface area contributed by atoms with Crippen molar-refractivity contribution in [3.8, 4) is 0 Å². The minimum Gasteiger partial charge on any atom is -0.378 e. The second kappa shape index (κ2) is 8.07. The maximum absolute atomic E-state index is 12.5. The average molecular weight is 377 g/mol. The van der Waals surface area contributed by atoms with Crippen molar-refractivity contribution < 1.29 is 9.53 Å². The van der Waals surface area contributed by atoms with E-state index in [1.165, 1.54) is 16.5 Å². The number of para-hydroxylation sites is 1. The molecule has 1 aliphatic rings. The summed E-state index contributed by atoms with van der Waals surface area (Å²) in [5.74, 6) is 0.0602. The lowest BCUT2D eigenvalue weighted by Crippen LogP contribution is -2.36. The van der Waals surface area contributed by atoms with E-state index in [-0.39, 0.29) is 17.9 Å². The Morgan fingerprint density at radius 3 is 2.71 bits per heavy atom. The number of rotatable bonds is 6. The Morgan fingerprint density at radius 2 is 2.00 bits per heavy atom. The molecule has 0 saturated carbocycles. The second-order valence-corrected chi connectivity index (χ2v) is 7.57. The van der Waals surface area contributed by atoms with Crippen LogP contribution in [0.3, 0.4) is 0 Å². The fourth-order valence-electron chi connectivity index (χ4n) is 3.90. The molecule has 1 saturated heterocycles. The van der Waals surface area contributed by atoms with Crippen LogP contribution in [-0.2, 0) is 9.53 Å². The quantitative estimate of drug-likeness (QED) is 0.689. The van der Waals surface area contributed by atoms with Gasteiger partial charge >= 0.3 is 0 Å². The van der Waals surface area contributed by atoms with Crippen LogP contribution < -0.4 is 10.2 Å².